The predicted molar refractivity (Wildman–Crippen MR) is 107 cm³/mol. The van der Waals surface area contributed by atoms with Gasteiger partial charge in [-0.3, -0.25) is 19.2 Å². The van der Waals surface area contributed by atoms with E-state index in [0.717, 1.165) is 24.0 Å². The van der Waals surface area contributed by atoms with Crippen LogP contribution in [0.3, 0.4) is 0 Å². The van der Waals surface area contributed by atoms with Gasteiger partial charge in [0.2, 0.25) is 11.3 Å². The maximum atomic E-state index is 12.7. The molecule has 0 aliphatic carbocycles. The van der Waals surface area contributed by atoms with Gasteiger partial charge in [0.05, 0.1) is 16.0 Å². The summed E-state index contributed by atoms with van der Waals surface area (Å²) in [5.41, 5.74) is 0.558. The van der Waals surface area contributed by atoms with Gasteiger partial charge in [0, 0.05) is 43.0 Å². The summed E-state index contributed by atoms with van der Waals surface area (Å²) in [4.78, 5) is 30.1. The van der Waals surface area contributed by atoms with Crippen molar-refractivity contribution in [2.24, 2.45) is 0 Å². The molecule has 0 N–H and O–H groups in total. The molecule has 1 fully saturated rings. The van der Waals surface area contributed by atoms with Gasteiger partial charge in [-0.15, -0.1) is 11.3 Å². The Bertz CT molecular complexity index is 1020. The predicted octanol–water partition coefficient (Wildman–Crippen LogP) is 2.46. The molecule has 1 aliphatic rings. The van der Waals surface area contributed by atoms with Crippen LogP contribution in [0.1, 0.15) is 4.88 Å². The second-order valence-corrected chi connectivity index (χ2v) is 8.35. The van der Waals surface area contributed by atoms with E-state index >= 15 is 0 Å². The van der Waals surface area contributed by atoms with E-state index in [0.29, 0.717) is 24.0 Å². The molecule has 140 valence electrons. The largest absolute Gasteiger partial charge is 0.339 e. The third-order valence-corrected chi connectivity index (χ3v) is 6.00. The zero-order valence-electron chi connectivity index (χ0n) is 14.7. The van der Waals surface area contributed by atoms with Crippen molar-refractivity contribution in [3.05, 3.63) is 62.0 Å². The molecule has 4 rings (SSSR count). The van der Waals surface area contributed by atoms with Crippen molar-refractivity contribution in [3.8, 4) is 0 Å². The highest BCUT2D eigenvalue weighted by Gasteiger charge is 2.22. The van der Waals surface area contributed by atoms with Gasteiger partial charge >= 0.3 is 0 Å². The number of hydrogen-bond donors (Lipinski definition) is 0. The molecular formula is C19H19ClN4O2S. The Labute approximate surface area is 165 Å². The number of carbonyl (C=O) groups excluding carboxylic acids is 1. The Hall–Kier alpha value is -2.22. The summed E-state index contributed by atoms with van der Waals surface area (Å²) in [6, 6.07) is 11.2. The highest BCUT2D eigenvalue weighted by atomic mass is 35.5. The fourth-order valence-electron chi connectivity index (χ4n) is 3.33. The third-order valence-electron chi connectivity index (χ3n) is 4.78. The molecule has 1 saturated heterocycles. The molecular weight excluding hydrogens is 384 g/mol. The molecule has 1 aromatic carbocycles. The van der Waals surface area contributed by atoms with Crippen molar-refractivity contribution in [2.45, 2.75) is 13.1 Å². The molecule has 0 unspecified atom stereocenters. The van der Waals surface area contributed by atoms with Crippen molar-refractivity contribution < 1.29 is 4.79 Å². The van der Waals surface area contributed by atoms with Gasteiger partial charge in [0.1, 0.15) is 6.54 Å². The lowest BCUT2D eigenvalue weighted by Gasteiger charge is -2.34. The first kappa shape index (κ1) is 18.2. The minimum absolute atomic E-state index is 0.0233. The van der Waals surface area contributed by atoms with Gasteiger partial charge in [0.25, 0.3) is 0 Å². The Morgan fingerprint density at radius 2 is 1.89 bits per heavy atom. The Morgan fingerprint density at radius 1 is 1.11 bits per heavy atom. The number of amides is 1. The highest BCUT2D eigenvalue weighted by Crippen LogP contribution is 2.23. The lowest BCUT2D eigenvalue weighted by molar-refractivity contribution is -0.133. The number of thiophene rings is 1. The number of fused-ring (bicyclic) bond motifs is 1. The highest BCUT2D eigenvalue weighted by molar-refractivity contribution is 7.16. The van der Waals surface area contributed by atoms with E-state index in [1.54, 1.807) is 22.1 Å². The number of rotatable bonds is 4. The van der Waals surface area contributed by atoms with Crippen LogP contribution >= 0.6 is 22.9 Å². The van der Waals surface area contributed by atoms with Crippen molar-refractivity contribution in [1.82, 2.24) is 19.6 Å². The number of halogens is 1. The standard InChI is InChI=1S/C19H19ClN4O2S/c20-18-6-5-14(27-18)12-22-7-9-23(10-8-22)19(26)13-24-16-4-2-1-3-15(16)17(25)11-21-24/h1-6,11H,7-10,12-13H2. The van der Waals surface area contributed by atoms with Gasteiger partial charge in [-0.05, 0) is 24.3 Å². The topological polar surface area (TPSA) is 58.4 Å². The van der Waals surface area contributed by atoms with Crippen LogP contribution in [0.15, 0.2) is 47.4 Å². The zero-order chi connectivity index (χ0) is 18.8. The van der Waals surface area contributed by atoms with Crippen LogP contribution in [0.5, 0.6) is 0 Å². The van der Waals surface area contributed by atoms with Crippen molar-refractivity contribution in [1.29, 1.82) is 0 Å². The quantitative estimate of drug-likeness (QED) is 0.672. The van der Waals surface area contributed by atoms with E-state index in [9.17, 15) is 9.59 Å². The number of nitrogens with zero attached hydrogens (tertiary/aromatic N) is 4. The SMILES string of the molecule is O=C(Cn1ncc(=O)c2ccccc21)N1CCN(Cc2ccc(Cl)s2)CC1. The number of piperazine rings is 1. The van der Waals surface area contributed by atoms with Gasteiger partial charge in [0.15, 0.2) is 0 Å². The Kier molecular flexibility index (Phi) is 5.24. The molecule has 8 heteroatoms. The van der Waals surface area contributed by atoms with Gasteiger partial charge < -0.3 is 4.90 Å². The summed E-state index contributed by atoms with van der Waals surface area (Å²) in [5, 5.41) is 4.73. The van der Waals surface area contributed by atoms with E-state index in [-0.39, 0.29) is 17.9 Å². The normalized spacial score (nSPS) is 15.4. The van der Waals surface area contributed by atoms with Crippen LogP contribution in [0.2, 0.25) is 4.34 Å². The Balaban J connectivity index is 1.39. The molecule has 1 amide bonds. The lowest BCUT2D eigenvalue weighted by Crippen LogP contribution is -2.49. The fourth-order valence-corrected chi connectivity index (χ4v) is 4.46. The summed E-state index contributed by atoms with van der Waals surface area (Å²) in [6.45, 7) is 4.05. The molecule has 27 heavy (non-hydrogen) atoms. The molecule has 6 nitrogen and oxygen atoms in total. The molecule has 0 radical (unpaired) electrons. The minimum Gasteiger partial charge on any atom is -0.339 e. The van der Waals surface area contributed by atoms with Crippen LogP contribution in [-0.4, -0.2) is 51.7 Å². The van der Waals surface area contributed by atoms with Crippen LogP contribution in [0.4, 0.5) is 0 Å². The number of carbonyl (C=O) groups is 1. The third kappa shape index (κ3) is 4.05. The van der Waals surface area contributed by atoms with Crippen molar-refractivity contribution in [2.75, 3.05) is 26.2 Å². The smallest absolute Gasteiger partial charge is 0.244 e. The molecule has 2 aromatic heterocycles. The number of hydrogen-bond acceptors (Lipinski definition) is 5. The molecule has 0 saturated carbocycles. The summed E-state index contributed by atoms with van der Waals surface area (Å²) in [5.74, 6) is 0.0233. The van der Waals surface area contributed by atoms with E-state index in [2.05, 4.69) is 16.1 Å². The number of benzene rings is 1. The van der Waals surface area contributed by atoms with Gasteiger partial charge in [-0.1, -0.05) is 23.7 Å². The van der Waals surface area contributed by atoms with E-state index < -0.39 is 0 Å². The second kappa shape index (κ2) is 7.80. The summed E-state index contributed by atoms with van der Waals surface area (Å²) >= 11 is 7.59. The van der Waals surface area contributed by atoms with E-state index in [1.165, 1.54) is 11.1 Å². The molecule has 0 atom stereocenters. The summed E-state index contributed by atoms with van der Waals surface area (Å²) in [7, 11) is 0. The minimum atomic E-state index is -0.128. The van der Waals surface area contributed by atoms with Crippen LogP contribution in [0, 0.1) is 0 Å². The fraction of sp³-hybridized carbons (Fsp3) is 0.316. The maximum absolute atomic E-state index is 12.7. The van der Waals surface area contributed by atoms with Gasteiger partial charge in [-0.25, -0.2) is 0 Å². The average molecular weight is 403 g/mol. The van der Waals surface area contributed by atoms with E-state index in [4.69, 9.17) is 11.6 Å². The van der Waals surface area contributed by atoms with Gasteiger partial charge in [-0.2, -0.15) is 5.10 Å². The number of aromatic nitrogens is 2. The number of para-hydroxylation sites is 1. The summed E-state index contributed by atoms with van der Waals surface area (Å²) < 4.78 is 2.42. The molecule has 0 spiro atoms. The molecule has 3 aromatic rings. The molecule has 0 bridgehead atoms. The first-order valence-corrected chi connectivity index (χ1v) is 9.99. The van der Waals surface area contributed by atoms with Crippen molar-refractivity contribution in [3.63, 3.8) is 0 Å². The first-order chi connectivity index (χ1) is 13.1. The monoisotopic (exact) mass is 402 g/mol. The van der Waals surface area contributed by atoms with E-state index in [1.807, 2.05) is 29.2 Å². The molecule has 3 heterocycles. The van der Waals surface area contributed by atoms with Crippen LogP contribution in [-0.2, 0) is 17.9 Å². The summed E-state index contributed by atoms with van der Waals surface area (Å²) in [6.07, 6.45) is 1.28. The maximum Gasteiger partial charge on any atom is 0.244 e. The lowest BCUT2D eigenvalue weighted by atomic mass is 10.2. The van der Waals surface area contributed by atoms with Crippen LogP contribution in [0.25, 0.3) is 10.9 Å². The average Bonchev–Trinajstić information content (AvgIpc) is 3.09. The first-order valence-electron chi connectivity index (χ1n) is 8.79. The van der Waals surface area contributed by atoms with Crippen molar-refractivity contribution >= 4 is 39.7 Å². The zero-order valence-corrected chi connectivity index (χ0v) is 16.2. The second-order valence-electron chi connectivity index (χ2n) is 6.55. The van der Waals surface area contributed by atoms with Crippen LogP contribution < -0.4 is 5.43 Å². The molecule has 1 aliphatic heterocycles. The Morgan fingerprint density at radius 3 is 2.63 bits per heavy atom.